The number of aromatic nitrogens is 9. The Kier molecular flexibility index (Phi) is 6.21. The molecule has 0 spiro atoms. The molecule has 0 saturated carbocycles. The first-order chi connectivity index (χ1) is 17.1. The fraction of sp³-hybridized carbons (Fsp3) is 0.350. The molecule has 0 radical (unpaired) electrons. The van der Waals surface area contributed by atoms with Crippen molar-refractivity contribution in [1.82, 2.24) is 51.2 Å². The molecule has 1 fully saturated rings. The average molecular weight is 479 g/mol. The molecule has 4 heterocycles. The Balaban J connectivity index is 1.36. The molecule has 35 heavy (non-hydrogen) atoms. The van der Waals surface area contributed by atoms with Crippen LogP contribution in [0.4, 0.5) is 5.82 Å². The van der Waals surface area contributed by atoms with Crippen molar-refractivity contribution in [3.63, 3.8) is 0 Å². The zero-order valence-electron chi connectivity index (χ0n) is 19.0. The van der Waals surface area contributed by atoms with E-state index in [4.69, 9.17) is 10.4 Å². The molecule has 5 rings (SSSR count). The first kappa shape index (κ1) is 22.3. The monoisotopic (exact) mass is 478 g/mol. The number of hydrogen-bond donors (Lipinski definition) is 3. The van der Waals surface area contributed by atoms with Crippen LogP contribution in [0.15, 0.2) is 40.3 Å². The molecular weight excluding hydrogens is 454 g/mol. The zero-order chi connectivity index (χ0) is 24.2. The van der Waals surface area contributed by atoms with Gasteiger partial charge in [0.2, 0.25) is 0 Å². The minimum absolute atomic E-state index is 0.0875. The number of nitrogens with one attached hydrogen (secondary N) is 2. The minimum Gasteiger partial charge on any atom is -0.375 e. The first-order valence-electron chi connectivity index (χ1n) is 11.1. The largest absolute Gasteiger partial charge is 0.377 e. The number of carbonyl (C=O) groups excluding carboxylic acids is 1. The summed E-state index contributed by atoms with van der Waals surface area (Å²) in [6.45, 7) is 4.13. The van der Waals surface area contributed by atoms with Crippen LogP contribution in [0.3, 0.4) is 0 Å². The lowest BCUT2D eigenvalue weighted by atomic mass is 10.1. The number of aromatic amines is 1. The minimum atomic E-state index is -0.466. The van der Waals surface area contributed by atoms with E-state index in [2.05, 4.69) is 51.6 Å². The highest BCUT2D eigenvalue weighted by Gasteiger charge is 2.31. The number of tetrazole rings is 1. The SMILES string of the molecule is C/C(=N/NC(=O)c1n[nH][n+](-c2nonc2N)c1CN1CCCCC1)c1ccc(-n2cnnn2)cc1. The van der Waals surface area contributed by atoms with Crippen molar-refractivity contribution < 1.29 is 14.1 Å². The van der Waals surface area contributed by atoms with Gasteiger partial charge in [-0.1, -0.05) is 18.6 Å². The molecular formula is C20H24N13O2+. The van der Waals surface area contributed by atoms with Crippen LogP contribution in [0.1, 0.15) is 47.9 Å². The maximum absolute atomic E-state index is 13.1. The standard InChI is InChI=1S/C20H23N13O2/c1-13(14-5-7-15(8-6-14)32-12-22-28-30-32)23-25-20(34)17-16(11-31-9-3-2-4-10-31)33(29-24-17)19-18(21)26-35-27-19/h5-8,12H,2-4,9-11H2,1H3,(H3,21,25,26,34)/p+1/b23-13-. The molecule has 1 aromatic carbocycles. The van der Waals surface area contributed by atoms with Gasteiger partial charge in [-0.05, 0) is 71.2 Å². The second-order valence-electron chi connectivity index (χ2n) is 8.09. The molecule has 0 atom stereocenters. The van der Waals surface area contributed by atoms with Gasteiger partial charge in [0, 0.05) is 0 Å². The van der Waals surface area contributed by atoms with E-state index >= 15 is 0 Å². The number of hydrazone groups is 1. The number of nitrogens with zero attached hydrogens (tertiary/aromatic N) is 10. The van der Waals surface area contributed by atoms with Gasteiger partial charge in [-0.15, -0.1) is 15.0 Å². The third-order valence-electron chi connectivity index (χ3n) is 5.77. The predicted octanol–water partition coefficient (Wildman–Crippen LogP) is -0.233. The maximum atomic E-state index is 13.1. The normalized spacial score (nSPS) is 14.8. The number of likely N-dealkylation sites (tertiary alicyclic amines) is 1. The fourth-order valence-corrected chi connectivity index (χ4v) is 3.90. The fourth-order valence-electron chi connectivity index (χ4n) is 3.90. The smallest absolute Gasteiger partial charge is 0.375 e. The van der Waals surface area contributed by atoms with E-state index < -0.39 is 5.91 Å². The lowest BCUT2D eigenvalue weighted by molar-refractivity contribution is -0.671. The van der Waals surface area contributed by atoms with Gasteiger partial charge >= 0.3 is 11.7 Å². The summed E-state index contributed by atoms with van der Waals surface area (Å²) in [6.07, 6.45) is 4.90. The highest BCUT2D eigenvalue weighted by molar-refractivity contribution is 6.00. The number of carbonyl (C=O) groups is 1. The number of amides is 1. The molecule has 3 aromatic heterocycles. The number of rotatable bonds is 7. The summed E-state index contributed by atoms with van der Waals surface area (Å²) >= 11 is 0. The van der Waals surface area contributed by atoms with E-state index in [-0.39, 0.29) is 17.3 Å². The predicted molar refractivity (Wildman–Crippen MR) is 120 cm³/mol. The highest BCUT2D eigenvalue weighted by atomic mass is 16.6. The molecule has 4 N–H and O–H groups in total. The topological polar surface area (TPSA) is 186 Å². The third-order valence-corrected chi connectivity index (χ3v) is 5.77. The van der Waals surface area contributed by atoms with Crippen molar-refractivity contribution >= 4 is 17.4 Å². The third kappa shape index (κ3) is 4.74. The van der Waals surface area contributed by atoms with Gasteiger partial charge < -0.3 is 5.73 Å². The number of hydrogen-bond acceptors (Lipinski definition) is 11. The molecule has 15 nitrogen and oxygen atoms in total. The van der Waals surface area contributed by atoms with Gasteiger partial charge in [-0.25, -0.2) is 10.1 Å². The van der Waals surface area contributed by atoms with Crippen LogP contribution in [0.25, 0.3) is 11.5 Å². The van der Waals surface area contributed by atoms with E-state index in [1.165, 1.54) is 17.4 Å². The molecule has 0 unspecified atom stereocenters. The number of anilines is 1. The Morgan fingerprint density at radius 3 is 2.71 bits per heavy atom. The van der Waals surface area contributed by atoms with Gasteiger partial charge in [0.15, 0.2) is 5.69 Å². The Morgan fingerprint density at radius 2 is 2.03 bits per heavy atom. The van der Waals surface area contributed by atoms with E-state index in [0.29, 0.717) is 18.0 Å². The number of H-pyrrole nitrogens is 1. The Bertz CT molecular complexity index is 1320. The van der Waals surface area contributed by atoms with Crippen LogP contribution in [0.2, 0.25) is 0 Å². The molecule has 15 heteroatoms. The summed E-state index contributed by atoms with van der Waals surface area (Å²) in [5.41, 5.74) is 11.5. The van der Waals surface area contributed by atoms with Gasteiger partial charge in [0.1, 0.15) is 11.5 Å². The Labute approximate surface area is 198 Å². The van der Waals surface area contributed by atoms with Crippen molar-refractivity contribution in [3.05, 3.63) is 47.5 Å². The van der Waals surface area contributed by atoms with Gasteiger partial charge in [0.05, 0.1) is 17.9 Å². The van der Waals surface area contributed by atoms with Crippen LogP contribution in [0.5, 0.6) is 0 Å². The Morgan fingerprint density at radius 1 is 1.23 bits per heavy atom. The summed E-state index contributed by atoms with van der Waals surface area (Å²) in [5.74, 6) is -0.137. The van der Waals surface area contributed by atoms with Crippen molar-refractivity contribution in [2.45, 2.75) is 32.7 Å². The van der Waals surface area contributed by atoms with Gasteiger partial charge in [0.25, 0.3) is 11.5 Å². The second kappa shape index (κ2) is 9.76. The van der Waals surface area contributed by atoms with E-state index in [9.17, 15) is 4.79 Å². The van der Waals surface area contributed by atoms with Crippen LogP contribution >= 0.6 is 0 Å². The molecule has 1 saturated heterocycles. The van der Waals surface area contributed by atoms with Crippen LogP contribution in [-0.2, 0) is 6.54 Å². The van der Waals surface area contributed by atoms with Crippen molar-refractivity contribution in [2.75, 3.05) is 18.8 Å². The van der Waals surface area contributed by atoms with E-state index in [1.54, 1.807) is 11.6 Å². The molecule has 1 aliphatic rings. The molecule has 0 aliphatic carbocycles. The van der Waals surface area contributed by atoms with E-state index in [1.807, 2.05) is 24.3 Å². The lowest BCUT2D eigenvalue weighted by Crippen LogP contribution is -2.42. The van der Waals surface area contributed by atoms with Crippen LogP contribution in [-0.4, -0.2) is 70.4 Å². The number of nitrogens with two attached hydrogens (primary N) is 1. The van der Waals surface area contributed by atoms with E-state index in [0.717, 1.165) is 37.2 Å². The van der Waals surface area contributed by atoms with Crippen molar-refractivity contribution in [3.8, 4) is 11.5 Å². The Hall–Kier alpha value is -4.53. The summed E-state index contributed by atoms with van der Waals surface area (Å²) < 4.78 is 7.80. The second-order valence-corrected chi connectivity index (χ2v) is 8.09. The molecule has 180 valence electrons. The number of benzene rings is 1. The summed E-state index contributed by atoms with van der Waals surface area (Å²) in [5, 5.41) is 29.9. The highest BCUT2D eigenvalue weighted by Crippen LogP contribution is 2.15. The average Bonchev–Trinajstić information content (AvgIpc) is 3.65. The van der Waals surface area contributed by atoms with Crippen LogP contribution in [0, 0.1) is 0 Å². The molecule has 4 aromatic rings. The molecule has 1 aliphatic heterocycles. The number of piperidine rings is 1. The zero-order valence-corrected chi connectivity index (χ0v) is 19.0. The lowest BCUT2D eigenvalue weighted by Gasteiger charge is -2.25. The van der Waals surface area contributed by atoms with Crippen LogP contribution < -0.4 is 15.8 Å². The molecule has 0 bridgehead atoms. The summed E-state index contributed by atoms with van der Waals surface area (Å²) in [7, 11) is 0. The number of nitrogen functional groups attached to an aromatic ring is 1. The summed E-state index contributed by atoms with van der Waals surface area (Å²) in [6, 6.07) is 7.45. The maximum Gasteiger partial charge on any atom is 0.377 e. The molecule has 1 amide bonds. The van der Waals surface area contributed by atoms with Crippen molar-refractivity contribution in [1.29, 1.82) is 0 Å². The first-order valence-corrected chi connectivity index (χ1v) is 11.1. The van der Waals surface area contributed by atoms with Crippen molar-refractivity contribution in [2.24, 2.45) is 5.10 Å². The van der Waals surface area contributed by atoms with Gasteiger partial charge in [-0.2, -0.15) is 9.73 Å². The summed E-state index contributed by atoms with van der Waals surface area (Å²) in [4.78, 5) is 15.3. The van der Waals surface area contributed by atoms with Gasteiger partial charge in [-0.3, -0.25) is 9.69 Å². The quantitative estimate of drug-likeness (QED) is 0.182.